The second kappa shape index (κ2) is 9.68. The first kappa shape index (κ1) is 22.3. The van der Waals surface area contributed by atoms with Gasteiger partial charge < -0.3 is 4.90 Å². The summed E-state index contributed by atoms with van der Waals surface area (Å²) in [6, 6.07) is 15.3. The van der Waals surface area contributed by atoms with E-state index >= 15 is 0 Å². The number of hydrogen-bond acceptors (Lipinski definition) is 3. The van der Waals surface area contributed by atoms with Gasteiger partial charge in [-0.15, -0.1) is 0 Å². The summed E-state index contributed by atoms with van der Waals surface area (Å²) in [5, 5.41) is 0.590. The van der Waals surface area contributed by atoms with E-state index in [-0.39, 0.29) is 23.4 Å². The molecule has 0 saturated heterocycles. The molecule has 1 unspecified atom stereocenters. The predicted octanol–water partition coefficient (Wildman–Crippen LogP) is 5.44. The highest BCUT2D eigenvalue weighted by Gasteiger charge is 2.31. The fraction of sp³-hybridized carbons (Fsp3) is 0.444. The summed E-state index contributed by atoms with van der Waals surface area (Å²) in [6.07, 6.45) is 6.98. The van der Waals surface area contributed by atoms with E-state index in [0.717, 1.165) is 37.8 Å². The third-order valence-corrected chi connectivity index (χ3v) is 6.86. The number of aryl methyl sites for hydroxylation is 1. The van der Waals surface area contributed by atoms with Crippen LogP contribution in [0.1, 0.15) is 69.8 Å². The van der Waals surface area contributed by atoms with Crippen molar-refractivity contribution in [2.24, 2.45) is 5.92 Å². The van der Waals surface area contributed by atoms with Gasteiger partial charge >= 0.3 is 0 Å². The van der Waals surface area contributed by atoms with Crippen LogP contribution in [0.4, 0.5) is 0 Å². The quantitative estimate of drug-likeness (QED) is 0.522. The zero-order valence-corrected chi connectivity index (χ0v) is 19.4. The van der Waals surface area contributed by atoms with E-state index in [1.807, 2.05) is 48.3 Å². The minimum Gasteiger partial charge on any atom is -0.335 e. The molecule has 0 spiro atoms. The summed E-state index contributed by atoms with van der Waals surface area (Å²) in [4.78, 5) is 33.8. The van der Waals surface area contributed by atoms with E-state index in [2.05, 4.69) is 26.0 Å². The van der Waals surface area contributed by atoms with Crippen LogP contribution in [-0.2, 0) is 11.2 Å². The Morgan fingerprint density at radius 3 is 2.41 bits per heavy atom. The Labute approximate surface area is 190 Å². The summed E-state index contributed by atoms with van der Waals surface area (Å²) >= 11 is 0. The molecule has 1 atom stereocenters. The Morgan fingerprint density at radius 2 is 1.75 bits per heavy atom. The van der Waals surface area contributed by atoms with Gasteiger partial charge in [0.25, 0.3) is 5.56 Å². The molecule has 1 heterocycles. The fourth-order valence-electron chi connectivity index (χ4n) is 4.92. The molecule has 1 aliphatic rings. The minimum atomic E-state index is -0.271. The molecule has 1 saturated carbocycles. The Balaban J connectivity index is 1.84. The number of carbonyl (C=O) groups excluding carboxylic acids is 1. The van der Waals surface area contributed by atoms with Crippen LogP contribution in [0.2, 0.25) is 0 Å². The largest absolute Gasteiger partial charge is 0.335 e. The van der Waals surface area contributed by atoms with Crippen LogP contribution < -0.4 is 5.56 Å². The standard InChI is InChI=1S/C27H33N3O2/c1-4-19-15-17-21(18-16-19)30-25(28-23-14-10-9-13-22(23)27(30)32)24(5-2)29(3)26(31)20-11-7-6-8-12-20/h9-10,13-18,20,24H,4-8,11-12H2,1-3H3. The number of rotatable bonds is 6. The number of nitrogens with zero attached hydrogens (tertiary/aromatic N) is 3. The van der Waals surface area contributed by atoms with Crippen LogP contribution in [0.15, 0.2) is 53.3 Å². The average Bonchev–Trinajstić information content (AvgIpc) is 2.85. The number of amides is 1. The lowest BCUT2D eigenvalue weighted by atomic mass is 9.88. The zero-order chi connectivity index (χ0) is 22.7. The molecular formula is C27H33N3O2. The van der Waals surface area contributed by atoms with Gasteiger partial charge in [0.15, 0.2) is 0 Å². The monoisotopic (exact) mass is 431 g/mol. The van der Waals surface area contributed by atoms with Gasteiger partial charge in [0, 0.05) is 13.0 Å². The van der Waals surface area contributed by atoms with E-state index in [4.69, 9.17) is 4.98 Å². The number of carbonyl (C=O) groups is 1. The van der Waals surface area contributed by atoms with Gasteiger partial charge in [0.1, 0.15) is 5.82 Å². The number of aromatic nitrogens is 2. The first-order valence-electron chi connectivity index (χ1n) is 11.9. The average molecular weight is 432 g/mol. The minimum absolute atomic E-state index is 0.0762. The maximum Gasteiger partial charge on any atom is 0.266 e. The van der Waals surface area contributed by atoms with Crippen molar-refractivity contribution in [2.75, 3.05) is 7.05 Å². The van der Waals surface area contributed by atoms with Crippen molar-refractivity contribution in [1.29, 1.82) is 0 Å². The number of fused-ring (bicyclic) bond motifs is 1. The summed E-state index contributed by atoms with van der Waals surface area (Å²) in [5.74, 6) is 0.881. The van der Waals surface area contributed by atoms with Crippen LogP contribution in [0, 0.1) is 5.92 Å². The first-order chi connectivity index (χ1) is 15.5. The van der Waals surface area contributed by atoms with Crippen LogP contribution >= 0.6 is 0 Å². The summed E-state index contributed by atoms with van der Waals surface area (Å²) in [6.45, 7) is 4.17. The Kier molecular flexibility index (Phi) is 6.73. The second-order valence-corrected chi connectivity index (χ2v) is 8.86. The molecule has 0 bridgehead atoms. The summed E-state index contributed by atoms with van der Waals surface area (Å²) in [7, 11) is 1.87. The Bertz CT molecular complexity index is 1140. The lowest BCUT2D eigenvalue weighted by Crippen LogP contribution is -2.39. The first-order valence-corrected chi connectivity index (χ1v) is 11.9. The number of benzene rings is 2. The highest BCUT2D eigenvalue weighted by atomic mass is 16.2. The molecule has 168 valence electrons. The van der Waals surface area contributed by atoms with Gasteiger partial charge in [0.2, 0.25) is 5.91 Å². The smallest absolute Gasteiger partial charge is 0.266 e. The lowest BCUT2D eigenvalue weighted by Gasteiger charge is -2.33. The molecule has 5 nitrogen and oxygen atoms in total. The normalized spacial score (nSPS) is 15.6. The molecule has 5 heteroatoms. The third-order valence-electron chi connectivity index (χ3n) is 6.86. The van der Waals surface area contributed by atoms with E-state index in [1.165, 1.54) is 12.0 Å². The molecular weight excluding hydrogens is 398 g/mol. The number of para-hydroxylation sites is 1. The highest BCUT2D eigenvalue weighted by molar-refractivity contribution is 5.80. The SMILES string of the molecule is CCc1ccc(-n2c(C(CC)N(C)C(=O)C3CCCCC3)nc3ccccc3c2=O)cc1. The van der Waals surface area contributed by atoms with Gasteiger partial charge in [-0.05, 0) is 55.5 Å². The fourth-order valence-corrected chi connectivity index (χ4v) is 4.92. The van der Waals surface area contributed by atoms with Gasteiger partial charge in [-0.25, -0.2) is 4.98 Å². The summed E-state index contributed by atoms with van der Waals surface area (Å²) < 4.78 is 1.71. The van der Waals surface area contributed by atoms with Gasteiger partial charge in [-0.2, -0.15) is 0 Å². The maximum atomic E-state index is 13.6. The third kappa shape index (κ3) is 4.21. The van der Waals surface area contributed by atoms with Crippen molar-refractivity contribution >= 4 is 16.8 Å². The number of hydrogen-bond donors (Lipinski definition) is 0. The Hall–Kier alpha value is -2.95. The van der Waals surface area contributed by atoms with Gasteiger partial charge in [-0.3, -0.25) is 14.2 Å². The molecule has 4 rings (SSSR count). The molecule has 0 radical (unpaired) electrons. The predicted molar refractivity (Wildman–Crippen MR) is 129 cm³/mol. The van der Waals surface area contributed by atoms with Crippen molar-refractivity contribution in [3.05, 3.63) is 70.3 Å². The molecule has 0 aliphatic heterocycles. The van der Waals surface area contributed by atoms with Crippen LogP contribution in [0.3, 0.4) is 0 Å². The van der Waals surface area contributed by atoms with Crippen molar-refractivity contribution < 1.29 is 4.79 Å². The topological polar surface area (TPSA) is 55.2 Å². The van der Waals surface area contributed by atoms with E-state index < -0.39 is 0 Å². The van der Waals surface area contributed by atoms with Gasteiger partial charge in [0.05, 0.1) is 22.6 Å². The van der Waals surface area contributed by atoms with Crippen molar-refractivity contribution in [3.63, 3.8) is 0 Å². The molecule has 2 aromatic carbocycles. The Morgan fingerprint density at radius 1 is 1.06 bits per heavy atom. The van der Waals surface area contributed by atoms with E-state index in [0.29, 0.717) is 23.1 Å². The molecule has 0 N–H and O–H groups in total. The molecule has 1 fully saturated rings. The van der Waals surface area contributed by atoms with E-state index in [1.54, 1.807) is 4.57 Å². The molecule has 1 aliphatic carbocycles. The molecule has 1 aromatic heterocycles. The zero-order valence-electron chi connectivity index (χ0n) is 19.4. The van der Waals surface area contributed by atoms with Crippen LogP contribution in [0.5, 0.6) is 0 Å². The molecule has 3 aromatic rings. The van der Waals surface area contributed by atoms with Crippen molar-refractivity contribution in [3.8, 4) is 5.69 Å². The summed E-state index contributed by atoms with van der Waals surface area (Å²) in [5.41, 5.74) is 2.59. The molecule has 32 heavy (non-hydrogen) atoms. The maximum absolute atomic E-state index is 13.6. The lowest BCUT2D eigenvalue weighted by molar-refractivity contribution is -0.137. The van der Waals surface area contributed by atoms with Gasteiger partial charge in [-0.1, -0.05) is 57.4 Å². The highest BCUT2D eigenvalue weighted by Crippen LogP contribution is 2.30. The second-order valence-electron chi connectivity index (χ2n) is 8.86. The van der Waals surface area contributed by atoms with E-state index in [9.17, 15) is 9.59 Å². The van der Waals surface area contributed by atoms with Crippen molar-refractivity contribution in [1.82, 2.24) is 14.5 Å². The van der Waals surface area contributed by atoms with Crippen LogP contribution in [0.25, 0.3) is 16.6 Å². The molecule has 1 amide bonds. The van der Waals surface area contributed by atoms with Crippen molar-refractivity contribution in [2.45, 2.75) is 64.8 Å². The van der Waals surface area contributed by atoms with Crippen LogP contribution in [-0.4, -0.2) is 27.4 Å².